The Morgan fingerprint density at radius 3 is 2.90 bits per heavy atom. The molecule has 0 saturated heterocycles. The summed E-state index contributed by atoms with van der Waals surface area (Å²) in [5.41, 5.74) is 0.998. The first-order chi connectivity index (χ1) is 9.70. The van der Waals surface area contributed by atoms with Crippen LogP contribution in [0.25, 0.3) is 0 Å². The van der Waals surface area contributed by atoms with Gasteiger partial charge in [-0.05, 0) is 12.1 Å². The Morgan fingerprint density at radius 1 is 1.45 bits per heavy atom. The highest BCUT2D eigenvalue weighted by atomic mass is 16.2. The third-order valence-electron chi connectivity index (χ3n) is 2.58. The van der Waals surface area contributed by atoms with Crippen LogP contribution < -0.4 is 0 Å². The molecule has 0 bridgehead atoms. The molecule has 0 aliphatic rings. The average molecular weight is 270 g/mol. The molecule has 20 heavy (non-hydrogen) atoms. The van der Waals surface area contributed by atoms with E-state index in [2.05, 4.69) is 26.8 Å². The zero-order chi connectivity index (χ0) is 14.4. The van der Waals surface area contributed by atoms with Gasteiger partial charge in [0.05, 0.1) is 6.54 Å². The van der Waals surface area contributed by atoms with Crippen LogP contribution in [-0.4, -0.2) is 44.5 Å². The Bertz CT molecular complexity index is 623. The van der Waals surface area contributed by atoms with Crippen LogP contribution in [0.1, 0.15) is 21.9 Å². The number of aliphatic hydroxyl groups excluding tert-OH is 1. The van der Waals surface area contributed by atoms with E-state index in [-0.39, 0.29) is 12.5 Å². The number of H-pyrrole nitrogens is 1. The summed E-state index contributed by atoms with van der Waals surface area (Å²) in [6.45, 7) is 0.187. The summed E-state index contributed by atoms with van der Waals surface area (Å²) in [4.78, 5) is 24.8. The Labute approximate surface area is 116 Å². The second-order valence-electron chi connectivity index (χ2n) is 4.09. The number of hydrogen-bond donors (Lipinski definition) is 2. The number of aromatic nitrogens is 3. The highest BCUT2D eigenvalue weighted by molar-refractivity contribution is 5.92. The molecule has 2 N–H and O–H groups in total. The zero-order valence-corrected chi connectivity index (χ0v) is 11.0. The summed E-state index contributed by atoms with van der Waals surface area (Å²) in [6, 6.07) is 3.31. The van der Waals surface area contributed by atoms with Gasteiger partial charge in [0.1, 0.15) is 18.1 Å². The van der Waals surface area contributed by atoms with Gasteiger partial charge in [-0.1, -0.05) is 11.8 Å². The highest BCUT2D eigenvalue weighted by Crippen LogP contribution is 2.05. The highest BCUT2D eigenvalue weighted by Gasteiger charge is 2.13. The summed E-state index contributed by atoms with van der Waals surface area (Å²) in [7, 11) is 1.69. The van der Waals surface area contributed by atoms with Gasteiger partial charge in [-0.3, -0.25) is 4.79 Å². The maximum atomic E-state index is 12.1. The van der Waals surface area contributed by atoms with Crippen LogP contribution in [0, 0.1) is 11.8 Å². The standard InChI is InChI=1S/C14H14N4O2/c1-18(10-13-15-6-7-16-13)14(20)12-5-4-11(9-17-12)3-2-8-19/h4-7,9,19H,8,10H2,1H3,(H,15,16). The first-order valence-corrected chi connectivity index (χ1v) is 6.00. The van der Waals surface area contributed by atoms with Gasteiger partial charge in [0.15, 0.2) is 0 Å². The zero-order valence-electron chi connectivity index (χ0n) is 11.0. The fourth-order valence-electron chi connectivity index (χ4n) is 1.61. The van der Waals surface area contributed by atoms with Gasteiger partial charge in [-0.25, -0.2) is 9.97 Å². The number of aromatic amines is 1. The third kappa shape index (κ3) is 3.43. The van der Waals surface area contributed by atoms with Crippen LogP contribution in [0.4, 0.5) is 0 Å². The molecular formula is C14H14N4O2. The van der Waals surface area contributed by atoms with Crippen LogP contribution in [0.5, 0.6) is 0 Å². The largest absolute Gasteiger partial charge is 0.384 e. The Hall–Kier alpha value is -2.65. The molecule has 0 fully saturated rings. The lowest BCUT2D eigenvalue weighted by molar-refractivity contribution is 0.0776. The molecule has 0 saturated carbocycles. The Morgan fingerprint density at radius 2 is 2.30 bits per heavy atom. The van der Waals surface area contributed by atoms with E-state index in [1.807, 2.05) is 0 Å². The summed E-state index contributed by atoms with van der Waals surface area (Å²) in [5.74, 6) is 5.77. The molecule has 0 aromatic carbocycles. The van der Waals surface area contributed by atoms with Gasteiger partial charge in [0.2, 0.25) is 0 Å². The summed E-state index contributed by atoms with van der Waals surface area (Å²) >= 11 is 0. The van der Waals surface area contributed by atoms with Crippen molar-refractivity contribution in [3.05, 3.63) is 47.8 Å². The third-order valence-corrected chi connectivity index (χ3v) is 2.58. The fraction of sp³-hybridized carbons (Fsp3) is 0.214. The van der Waals surface area contributed by atoms with Gasteiger partial charge in [-0.15, -0.1) is 0 Å². The average Bonchev–Trinajstić information content (AvgIpc) is 2.97. The van der Waals surface area contributed by atoms with Crippen LogP contribution in [0.3, 0.4) is 0 Å². The molecule has 1 amide bonds. The van der Waals surface area contributed by atoms with Crippen molar-refractivity contribution in [2.24, 2.45) is 0 Å². The maximum absolute atomic E-state index is 12.1. The Kier molecular flexibility index (Phi) is 4.47. The Balaban J connectivity index is 2.05. The number of rotatable bonds is 3. The quantitative estimate of drug-likeness (QED) is 0.792. The number of pyridine rings is 1. The van der Waals surface area contributed by atoms with Crippen LogP contribution in [-0.2, 0) is 6.54 Å². The van der Waals surface area contributed by atoms with Crippen molar-refractivity contribution in [2.75, 3.05) is 13.7 Å². The summed E-state index contributed by atoms with van der Waals surface area (Å²) < 4.78 is 0. The van der Waals surface area contributed by atoms with Crippen LogP contribution in [0.15, 0.2) is 30.7 Å². The molecule has 0 atom stereocenters. The van der Waals surface area contributed by atoms with Gasteiger partial charge in [-0.2, -0.15) is 0 Å². The lowest BCUT2D eigenvalue weighted by Gasteiger charge is -2.15. The molecule has 0 unspecified atom stereocenters. The van der Waals surface area contributed by atoms with E-state index in [0.29, 0.717) is 23.6 Å². The van der Waals surface area contributed by atoms with Gasteiger partial charge in [0.25, 0.3) is 5.91 Å². The number of nitrogens with one attached hydrogen (secondary N) is 1. The lowest BCUT2D eigenvalue weighted by Crippen LogP contribution is -2.27. The fourth-order valence-corrected chi connectivity index (χ4v) is 1.61. The van der Waals surface area contributed by atoms with E-state index < -0.39 is 0 Å². The van der Waals surface area contributed by atoms with Crippen molar-refractivity contribution in [2.45, 2.75) is 6.54 Å². The monoisotopic (exact) mass is 270 g/mol. The molecule has 0 radical (unpaired) electrons. The van der Waals surface area contributed by atoms with Crippen molar-refractivity contribution < 1.29 is 9.90 Å². The lowest BCUT2D eigenvalue weighted by atomic mass is 10.2. The van der Waals surface area contributed by atoms with Crippen LogP contribution in [0.2, 0.25) is 0 Å². The first-order valence-electron chi connectivity index (χ1n) is 6.00. The molecule has 2 heterocycles. The second-order valence-corrected chi connectivity index (χ2v) is 4.09. The van der Waals surface area contributed by atoms with E-state index in [9.17, 15) is 4.79 Å². The number of carbonyl (C=O) groups is 1. The first kappa shape index (κ1) is 13.8. The normalized spacial score (nSPS) is 9.70. The maximum Gasteiger partial charge on any atom is 0.272 e. The van der Waals surface area contributed by atoms with E-state index in [1.165, 1.54) is 11.1 Å². The molecule has 2 aromatic heterocycles. The van der Waals surface area contributed by atoms with E-state index in [4.69, 9.17) is 5.11 Å². The number of aliphatic hydroxyl groups is 1. The van der Waals surface area contributed by atoms with E-state index in [0.717, 1.165) is 0 Å². The molecule has 2 aromatic rings. The number of imidazole rings is 1. The van der Waals surface area contributed by atoms with E-state index >= 15 is 0 Å². The number of nitrogens with zero attached hydrogens (tertiary/aromatic N) is 3. The van der Waals surface area contributed by atoms with Crippen molar-refractivity contribution in [3.63, 3.8) is 0 Å². The van der Waals surface area contributed by atoms with Gasteiger partial charge in [0, 0.05) is 31.2 Å². The number of hydrogen-bond acceptors (Lipinski definition) is 4. The SMILES string of the molecule is CN(Cc1ncc[nH]1)C(=O)c1ccc(C#CCO)cn1. The van der Waals surface area contributed by atoms with Gasteiger partial charge < -0.3 is 15.0 Å². The van der Waals surface area contributed by atoms with E-state index in [1.54, 1.807) is 31.6 Å². The summed E-state index contributed by atoms with van der Waals surface area (Å²) in [6.07, 6.45) is 4.86. The minimum Gasteiger partial charge on any atom is -0.384 e. The van der Waals surface area contributed by atoms with Gasteiger partial charge >= 0.3 is 0 Å². The number of carbonyl (C=O) groups excluding carboxylic acids is 1. The molecule has 0 aliphatic heterocycles. The molecule has 0 spiro atoms. The minimum atomic E-state index is -0.202. The molecular weight excluding hydrogens is 256 g/mol. The molecule has 0 aliphatic carbocycles. The minimum absolute atomic E-state index is 0.192. The second kappa shape index (κ2) is 6.50. The smallest absolute Gasteiger partial charge is 0.272 e. The molecule has 6 heteroatoms. The predicted octanol–water partition coefficient (Wildman–Crippen LogP) is 0.421. The topological polar surface area (TPSA) is 82.1 Å². The number of amides is 1. The van der Waals surface area contributed by atoms with Crippen molar-refractivity contribution >= 4 is 5.91 Å². The van der Waals surface area contributed by atoms with Crippen LogP contribution >= 0.6 is 0 Å². The molecule has 6 nitrogen and oxygen atoms in total. The van der Waals surface area contributed by atoms with Crippen molar-refractivity contribution in [1.82, 2.24) is 19.9 Å². The molecule has 102 valence electrons. The van der Waals surface area contributed by atoms with Crippen molar-refractivity contribution in [3.8, 4) is 11.8 Å². The predicted molar refractivity (Wildman–Crippen MR) is 72.6 cm³/mol. The summed E-state index contributed by atoms with van der Waals surface area (Å²) in [5, 5.41) is 8.60. The molecule has 2 rings (SSSR count). The van der Waals surface area contributed by atoms with Crippen molar-refractivity contribution in [1.29, 1.82) is 0 Å².